The van der Waals surface area contributed by atoms with Crippen LogP contribution in [0.4, 0.5) is 0 Å². The molecule has 0 aliphatic rings. The number of allylic oxidation sites excluding steroid dienone is 1. The molecule has 0 saturated carbocycles. The molecule has 0 aromatic carbocycles. The molecule has 0 N–H and O–H groups in total. The summed E-state index contributed by atoms with van der Waals surface area (Å²) < 4.78 is 7.39. The van der Waals surface area contributed by atoms with Crippen LogP contribution >= 0.6 is 0 Å². The van der Waals surface area contributed by atoms with Gasteiger partial charge in [-0.1, -0.05) is 11.6 Å². The average molecular weight is 274 g/mol. The summed E-state index contributed by atoms with van der Waals surface area (Å²) in [6.07, 6.45) is 0. The third-order valence-corrected chi connectivity index (χ3v) is 11.3. The van der Waals surface area contributed by atoms with Crippen molar-refractivity contribution < 1.29 is 0 Å². The fraction of sp³-hybridized carbons (Fsp3) is 0.833. The van der Waals surface area contributed by atoms with Crippen molar-refractivity contribution in [1.82, 2.24) is 13.7 Å². The SMILES string of the molecule is CC(C)=C[SiH2]CC[Si](N(C)C)(N(C)C)N(C)C. The quantitative estimate of drug-likeness (QED) is 0.508. The minimum atomic E-state index is -1.59. The monoisotopic (exact) mass is 273 g/mol. The van der Waals surface area contributed by atoms with Crippen LogP contribution in [0, 0.1) is 0 Å². The fourth-order valence-electron chi connectivity index (χ4n) is 2.60. The Hall–Kier alpha value is 0.0538. The molecule has 0 heterocycles. The molecular weight excluding hydrogens is 242 g/mol. The molecule has 17 heavy (non-hydrogen) atoms. The molecule has 0 saturated heterocycles. The maximum Gasteiger partial charge on any atom is 0.287 e. The molecule has 0 spiro atoms. The van der Waals surface area contributed by atoms with Crippen LogP contribution in [0.25, 0.3) is 0 Å². The van der Waals surface area contributed by atoms with Crippen molar-refractivity contribution in [2.45, 2.75) is 25.9 Å². The van der Waals surface area contributed by atoms with Crippen molar-refractivity contribution in [2.75, 3.05) is 42.3 Å². The Morgan fingerprint density at radius 1 is 0.941 bits per heavy atom. The molecule has 0 bridgehead atoms. The van der Waals surface area contributed by atoms with E-state index in [1.54, 1.807) is 0 Å². The standard InChI is InChI=1S/C12H31N3Si2/c1-12(2)11-16-9-10-17(13(3)4,14(5)6)15(7)8/h11H,9-10,16H2,1-8H3. The van der Waals surface area contributed by atoms with E-state index >= 15 is 0 Å². The largest absolute Gasteiger partial charge is 0.305 e. The Balaban J connectivity index is 4.65. The van der Waals surface area contributed by atoms with Crippen molar-refractivity contribution in [1.29, 1.82) is 0 Å². The van der Waals surface area contributed by atoms with Crippen LogP contribution in [0.3, 0.4) is 0 Å². The fourth-order valence-corrected chi connectivity index (χ4v) is 9.84. The van der Waals surface area contributed by atoms with Gasteiger partial charge < -0.3 is 13.7 Å². The Bertz CT molecular complexity index is 224. The molecule has 0 rings (SSSR count). The molecule has 0 unspecified atom stereocenters. The lowest BCUT2D eigenvalue weighted by Crippen LogP contribution is -2.69. The van der Waals surface area contributed by atoms with Crippen molar-refractivity contribution >= 4 is 18.1 Å². The molecule has 0 aromatic rings. The van der Waals surface area contributed by atoms with Gasteiger partial charge >= 0.3 is 0 Å². The summed E-state index contributed by atoms with van der Waals surface area (Å²) in [6, 6.07) is 2.75. The van der Waals surface area contributed by atoms with Crippen LogP contribution in [0.1, 0.15) is 13.8 Å². The van der Waals surface area contributed by atoms with Gasteiger partial charge in [0.25, 0.3) is 8.56 Å². The van der Waals surface area contributed by atoms with Gasteiger partial charge in [0.1, 0.15) is 0 Å². The van der Waals surface area contributed by atoms with Gasteiger partial charge in [-0.05, 0) is 62.2 Å². The summed E-state index contributed by atoms with van der Waals surface area (Å²) >= 11 is 0. The minimum absolute atomic E-state index is 0.0192. The predicted molar refractivity (Wildman–Crippen MR) is 84.4 cm³/mol. The molecule has 102 valence electrons. The van der Waals surface area contributed by atoms with Gasteiger partial charge in [-0.15, -0.1) is 5.70 Å². The van der Waals surface area contributed by atoms with Crippen LogP contribution in [0.2, 0.25) is 12.1 Å². The van der Waals surface area contributed by atoms with Crippen LogP contribution in [-0.4, -0.2) is 74.1 Å². The van der Waals surface area contributed by atoms with Crippen molar-refractivity contribution in [2.24, 2.45) is 0 Å². The molecule has 0 fully saturated rings. The topological polar surface area (TPSA) is 9.72 Å². The number of nitrogens with zero attached hydrogens (tertiary/aromatic N) is 3. The minimum Gasteiger partial charge on any atom is -0.305 e. The highest BCUT2D eigenvalue weighted by molar-refractivity contribution is 6.72. The van der Waals surface area contributed by atoms with Crippen LogP contribution < -0.4 is 0 Å². The Morgan fingerprint density at radius 2 is 1.35 bits per heavy atom. The van der Waals surface area contributed by atoms with Gasteiger partial charge in [0.15, 0.2) is 0 Å². The first-order valence-corrected chi connectivity index (χ1v) is 10.3. The van der Waals surface area contributed by atoms with Crippen LogP contribution in [0.15, 0.2) is 11.3 Å². The van der Waals surface area contributed by atoms with Crippen molar-refractivity contribution in [3.8, 4) is 0 Å². The summed E-state index contributed by atoms with van der Waals surface area (Å²) in [4.78, 5) is 0. The number of hydrogen-bond donors (Lipinski definition) is 0. The molecule has 0 amide bonds. The molecule has 3 nitrogen and oxygen atoms in total. The zero-order chi connectivity index (χ0) is 13.6. The molecule has 0 aliphatic heterocycles. The highest BCUT2D eigenvalue weighted by Gasteiger charge is 2.41. The van der Waals surface area contributed by atoms with E-state index in [9.17, 15) is 0 Å². The molecule has 5 heteroatoms. The normalized spacial score (nSPS) is 13.4. The van der Waals surface area contributed by atoms with E-state index in [1.807, 2.05) is 0 Å². The maximum atomic E-state index is 2.49. The molecule has 0 atom stereocenters. The third-order valence-electron chi connectivity index (χ3n) is 3.42. The lowest BCUT2D eigenvalue weighted by Gasteiger charge is -2.46. The second-order valence-corrected chi connectivity index (χ2v) is 12.1. The summed E-state index contributed by atoms with van der Waals surface area (Å²) in [5.74, 6) is 0. The highest BCUT2D eigenvalue weighted by atomic mass is 28.4. The van der Waals surface area contributed by atoms with Crippen molar-refractivity contribution in [3.05, 3.63) is 11.3 Å². The number of hydrogen-bond acceptors (Lipinski definition) is 3. The lowest BCUT2D eigenvalue weighted by atomic mass is 10.4. The molecular formula is C12H31N3Si2. The second-order valence-electron chi connectivity index (χ2n) is 5.63. The van der Waals surface area contributed by atoms with E-state index in [1.165, 1.54) is 17.7 Å². The second kappa shape index (κ2) is 7.48. The van der Waals surface area contributed by atoms with Gasteiger partial charge in [-0.25, -0.2) is 0 Å². The summed E-state index contributed by atoms with van der Waals surface area (Å²) in [7, 11) is 11.8. The van der Waals surface area contributed by atoms with E-state index in [2.05, 4.69) is 75.5 Å². The van der Waals surface area contributed by atoms with E-state index in [0.717, 1.165) is 0 Å². The smallest absolute Gasteiger partial charge is 0.287 e. The number of rotatable bonds is 7. The van der Waals surface area contributed by atoms with Gasteiger partial charge in [0.05, 0.1) is 0 Å². The molecule has 0 aromatic heterocycles. The average Bonchev–Trinajstić information content (AvgIpc) is 2.15. The summed E-state index contributed by atoms with van der Waals surface area (Å²) in [5.41, 5.74) is 3.98. The van der Waals surface area contributed by atoms with Crippen molar-refractivity contribution in [3.63, 3.8) is 0 Å². The Morgan fingerprint density at radius 3 is 1.65 bits per heavy atom. The van der Waals surface area contributed by atoms with E-state index in [4.69, 9.17) is 0 Å². The Kier molecular flexibility index (Phi) is 7.50. The van der Waals surface area contributed by atoms with E-state index < -0.39 is 8.56 Å². The zero-order valence-electron chi connectivity index (χ0n) is 13.0. The first kappa shape index (κ1) is 17.1. The molecule has 0 aliphatic carbocycles. The van der Waals surface area contributed by atoms with E-state index in [0.29, 0.717) is 0 Å². The van der Waals surface area contributed by atoms with Crippen LogP contribution in [0.5, 0.6) is 0 Å². The lowest BCUT2D eigenvalue weighted by molar-refractivity contribution is 0.378. The van der Waals surface area contributed by atoms with E-state index in [-0.39, 0.29) is 9.52 Å². The maximum absolute atomic E-state index is 2.49. The predicted octanol–water partition coefficient (Wildman–Crippen LogP) is 1.12. The Labute approximate surface area is 112 Å². The highest BCUT2D eigenvalue weighted by Crippen LogP contribution is 2.20. The summed E-state index contributed by atoms with van der Waals surface area (Å²) in [5, 5.41) is 0. The third kappa shape index (κ3) is 4.67. The van der Waals surface area contributed by atoms with Gasteiger partial charge in [0.2, 0.25) is 0 Å². The zero-order valence-corrected chi connectivity index (χ0v) is 15.5. The first-order valence-electron chi connectivity index (χ1n) is 6.40. The first-order chi connectivity index (χ1) is 7.75. The van der Waals surface area contributed by atoms with Gasteiger partial charge in [-0.3, -0.25) is 0 Å². The molecule has 0 radical (unpaired) electrons. The van der Waals surface area contributed by atoms with Crippen LogP contribution in [-0.2, 0) is 0 Å². The summed E-state index contributed by atoms with van der Waals surface area (Å²) in [6.45, 7) is 4.42. The van der Waals surface area contributed by atoms with Gasteiger partial charge in [-0.2, -0.15) is 0 Å². The van der Waals surface area contributed by atoms with Gasteiger partial charge in [0, 0.05) is 9.52 Å².